The van der Waals surface area contributed by atoms with E-state index in [1.54, 1.807) is 18.8 Å². The van der Waals surface area contributed by atoms with Gasteiger partial charge in [0, 0.05) is 5.92 Å². The van der Waals surface area contributed by atoms with Crippen LogP contribution in [-0.4, -0.2) is 74.0 Å². The number of aliphatic hydroxyl groups is 3. The summed E-state index contributed by atoms with van der Waals surface area (Å²) in [6.07, 6.45) is 0.213. The van der Waals surface area contributed by atoms with E-state index in [4.69, 9.17) is 19.9 Å². The van der Waals surface area contributed by atoms with Crippen molar-refractivity contribution in [3.05, 3.63) is 35.9 Å². The number of benzene rings is 1. The lowest BCUT2D eigenvalue weighted by Gasteiger charge is -2.39. The van der Waals surface area contributed by atoms with Gasteiger partial charge in [-0.1, -0.05) is 0 Å². The summed E-state index contributed by atoms with van der Waals surface area (Å²) in [5.41, 5.74) is 7.29. The van der Waals surface area contributed by atoms with Crippen LogP contribution >= 0.6 is 0 Å². The van der Waals surface area contributed by atoms with Gasteiger partial charge >= 0.3 is 0 Å². The van der Waals surface area contributed by atoms with E-state index in [1.807, 2.05) is 12.1 Å². The minimum atomic E-state index is -1.44. The summed E-state index contributed by atoms with van der Waals surface area (Å²) in [6.45, 7) is -0.453. The van der Waals surface area contributed by atoms with Gasteiger partial charge in [0.25, 0.3) is 0 Å². The molecule has 2 aromatic heterocycles. The Balaban J connectivity index is 1.66. The first-order valence-corrected chi connectivity index (χ1v) is 10.3. The van der Waals surface area contributed by atoms with Crippen molar-refractivity contribution in [1.29, 1.82) is 0 Å². The highest BCUT2D eigenvalue weighted by molar-refractivity contribution is 5.81. The zero-order valence-corrected chi connectivity index (χ0v) is 17.7. The number of fused-ring (bicyclic) bond motifs is 2. The average molecular weight is 443 g/mol. The lowest BCUT2D eigenvalue weighted by Crippen LogP contribution is -2.51. The van der Waals surface area contributed by atoms with Crippen LogP contribution in [0.1, 0.15) is 11.1 Å². The first kappa shape index (κ1) is 20.9. The van der Waals surface area contributed by atoms with Crippen LogP contribution in [0.4, 0.5) is 5.82 Å². The molecule has 0 spiro atoms. The second-order valence-corrected chi connectivity index (χ2v) is 8.15. The van der Waals surface area contributed by atoms with Gasteiger partial charge in [0.15, 0.2) is 28.7 Å². The van der Waals surface area contributed by atoms with Crippen LogP contribution in [0.5, 0.6) is 11.5 Å². The molecule has 5 rings (SSSR count). The van der Waals surface area contributed by atoms with Crippen molar-refractivity contribution >= 4 is 17.0 Å². The average Bonchev–Trinajstić information content (AvgIpc) is 3.49. The maximum absolute atomic E-state index is 11.3. The van der Waals surface area contributed by atoms with E-state index >= 15 is 0 Å². The van der Waals surface area contributed by atoms with Crippen molar-refractivity contribution in [1.82, 2.24) is 19.5 Å². The van der Waals surface area contributed by atoms with E-state index in [2.05, 4.69) is 15.0 Å². The van der Waals surface area contributed by atoms with Crippen LogP contribution in [0.3, 0.4) is 0 Å². The lowest BCUT2D eigenvalue weighted by molar-refractivity contribution is -0.179. The second-order valence-electron chi connectivity index (χ2n) is 8.15. The zero-order valence-electron chi connectivity index (χ0n) is 17.7. The third-order valence-corrected chi connectivity index (χ3v) is 6.61. The number of ether oxygens (including phenoxy) is 3. The Morgan fingerprint density at radius 1 is 1.12 bits per heavy atom. The molecule has 4 atom stereocenters. The molecule has 1 aliphatic carbocycles. The second kappa shape index (κ2) is 7.55. The van der Waals surface area contributed by atoms with Crippen LogP contribution in [-0.2, 0) is 23.3 Å². The Kier molecular flexibility index (Phi) is 4.93. The van der Waals surface area contributed by atoms with Crippen LogP contribution in [0, 0.1) is 5.92 Å². The number of rotatable bonds is 5. The molecule has 1 saturated heterocycles. The maximum Gasteiger partial charge on any atom is 0.180 e. The summed E-state index contributed by atoms with van der Waals surface area (Å²) < 4.78 is 18.7. The number of nitrogens with zero attached hydrogens (tertiary/aromatic N) is 4. The van der Waals surface area contributed by atoms with Crippen molar-refractivity contribution in [2.75, 3.05) is 26.6 Å². The van der Waals surface area contributed by atoms with Crippen molar-refractivity contribution < 1.29 is 29.5 Å². The predicted octanol–water partition coefficient (Wildman–Crippen LogP) is -0.394. The van der Waals surface area contributed by atoms with E-state index in [0.29, 0.717) is 35.5 Å². The molecule has 2 aliphatic rings. The summed E-state index contributed by atoms with van der Waals surface area (Å²) in [4.78, 5) is 12.6. The fourth-order valence-electron chi connectivity index (χ4n) is 5.06. The normalized spacial score (nSPS) is 27.7. The van der Waals surface area contributed by atoms with Crippen molar-refractivity contribution in [2.24, 2.45) is 5.92 Å². The van der Waals surface area contributed by atoms with Gasteiger partial charge in [-0.2, -0.15) is 0 Å². The third kappa shape index (κ3) is 2.78. The number of methoxy groups -OCH3 is 2. The molecular formula is C21H25N5O6. The highest BCUT2D eigenvalue weighted by Gasteiger charge is 2.60. The predicted molar refractivity (Wildman–Crippen MR) is 112 cm³/mol. The minimum Gasteiger partial charge on any atom is -0.493 e. The van der Waals surface area contributed by atoms with E-state index in [1.165, 1.54) is 12.7 Å². The topological polar surface area (TPSA) is 158 Å². The molecule has 0 amide bonds. The summed E-state index contributed by atoms with van der Waals surface area (Å²) in [6, 6.07) is 3.82. The molecule has 5 N–H and O–H groups in total. The molecule has 11 heteroatoms. The minimum absolute atomic E-state index is 0.194. The molecule has 0 radical (unpaired) electrons. The summed E-state index contributed by atoms with van der Waals surface area (Å²) >= 11 is 0. The zero-order chi connectivity index (χ0) is 22.6. The summed E-state index contributed by atoms with van der Waals surface area (Å²) in [7, 11) is 3.15. The van der Waals surface area contributed by atoms with Crippen LogP contribution < -0.4 is 15.2 Å². The van der Waals surface area contributed by atoms with Crippen molar-refractivity contribution in [3.8, 4) is 11.5 Å². The van der Waals surface area contributed by atoms with Crippen molar-refractivity contribution in [3.63, 3.8) is 0 Å². The van der Waals surface area contributed by atoms with Gasteiger partial charge < -0.3 is 35.3 Å². The van der Waals surface area contributed by atoms with E-state index in [0.717, 1.165) is 11.1 Å². The van der Waals surface area contributed by atoms with Crippen LogP contribution in [0.15, 0.2) is 24.8 Å². The lowest BCUT2D eigenvalue weighted by atomic mass is 9.86. The summed E-state index contributed by atoms with van der Waals surface area (Å²) in [5.74, 6) is 1.09. The Morgan fingerprint density at radius 2 is 1.78 bits per heavy atom. The Morgan fingerprint density at radius 3 is 2.34 bits per heavy atom. The SMILES string of the molecule is COc1cc2c(cc1OC)CC([C@@]1(n3cnc4c(N)ncnc43)O[C@H](CO)[C@@H](O)[C@H]1O)C2. The fraction of sp³-hybridized carbons (Fsp3) is 0.476. The number of nitrogens with two attached hydrogens (primary N) is 1. The molecule has 11 nitrogen and oxygen atoms in total. The van der Waals surface area contributed by atoms with Gasteiger partial charge in [0.2, 0.25) is 0 Å². The van der Waals surface area contributed by atoms with Gasteiger partial charge in [-0.15, -0.1) is 0 Å². The molecule has 32 heavy (non-hydrogen) atoms. The first-order valence-electron chi connectivity index (χ1n) is 10.3. The molecule has 0 bridgehead atoms. The Bertz CT molecular complexity index is 1140. The Hall–Kier alpha value is -2.99. The fourth-order valence-corrected chi connectivity index (χ4v) is 5.06. The quantitative estimate of drug-likeness (QED) is 0.409. The smallest absolute Gasteiger partial charge is 0.180 e. The number of hydrogen-bond acceptors (Lipinski definition) is 10. The van der Waals surface area contributed by atoms with Gasteiger partial charge in [0.05, 0.1) is 27.2 Å². The molecule has 0 unspecified atom stereocenters. The molecule has 3 aromatic rings. The number of aromatic nitrogens is 4. The number of aliphatic hydroxyl groups excluding tert-OH is 3. The molecular weight excluding hydrogens is 418 g/mol. The van der Waals surface area contributed by atoms with Crippen LogP contribution in [0.2, 0.25) is 0 Å². The van der Waals surface area contributed by atoms with E-state index < -0.39 is 30.6 Å². The third-order valence-electron chi connectivity index (χ3n) is 6.61. The molecule has 3 heterocycles. The largest absolute Gasteiger partial charge is 0.493 e. The maximum atomic E-state index is 11.3. The highest BCUT2D eigenvalue weighted by atomic mass is 16.6. The molecule has 1 fully saturated rings. The van der Waals surface area contributed by atoms with Crippen LogP contribution in [0.25, 0.3) is 11.2 Å². The van der Waals surface area contributed by atoms with Crippen molar-refractivity contribution in [2.45, 2.75) is 36.9 Å². The van der Waals surface area contributed by atoms with Gasteiger partial charge in [-0.05, 0) is 36.1 Å². The monoisotopic (exact) mass is 443 g/mol. The molecule has 170 valence electrons. The Labute approximate surface area is 183 Å². The molecule has 1 aromatic carbocycles. The number of anilines is 1. The first-order chi connectivity index (χ1) is 15.4. The highest BCUT2D eigenvalue weighted by Crippen LogP contribution is 2.49. The number of imidazole rings is 1. The van der Waals surface area contributed by atoms with Gasteiger partial charge in [-0.25, -0.2) is 15.0 Å². The molecule has 0 saturated carbocycles. The van der Waals surface area contributed by atoms with Gasteiger partial charge in [0.1, 0.15) is 30.2 Å². The number of nitrogen functional groups attached to an aromatic ring is 1. The number of hydrogen-bond donors (Lipinski definition) is 4. The summed E-state index contributed by atoms with van der Waals surface area (Å²) in [5, 5.41) is 31.8. The standard InChI is InChI=1S/C21H25N5O6/c1-30-13-5-10-3-12(4-11(10)6-14(13)31-2)21(18(29)17(28)15(7-27)32-21)26-9-25-16-19(22)23-8-24-20(16)26/h5-6,8-9,12,15,17-18,27-29H,3-4,7H2,1-2H3,(H2,22,23,24)/t15-,17-,18-,21-/m1/s1. The van der Waals surface area contributed by atoms with E-state index in [-0.39, 0.29) is 11.7 Å². The van der Waals surface area contributed by atoms with Gasteiger partial charge in [-0.3, -0.25) is 4.57 Å². The van der Waals surface area contributed by atoms with E-state index in [9.17, 15) is 15.3 Å². The molecule has 1 aliphatic heterocycles.